The number of aromatic nitrogens is 1. The van der Waals surface area contributed by atoms with Crippen molar-refractivity contribution in [3.05, 3.63) is 82.7 Å². The lowest BCUT2D eigenvalue weighted by atomic mass is 9.88. The molecule has 2 atom stereocenters. The average Bonchev–Trinajstić information content (AvgIpc) is 3.18. The minimum absolute atomic E-state index is 0.133. The van der Waals surface area contributed by atoms with Crippen LogP contribution in [0.25, 0.3) is 0 Å². The van der Waals surface area contributed by atoms with E-state index in [2.05, 4.69) is 6.07 Å². The van der Waals surface area contributed by atoms with Crippen LogP contribution in [-0.2, 0) is 28.4 Å². The zero-order valence-corrected chi connectivity index (χ0v) is 21.3. The number of aliphatic carboxylic acids is 1. The summed E-state index contributed by atoms with van der Waals surface area (Å²) < 4.78 is 36.3. The summed E-state index contributed by atoms with van der Waals surface area (Å²) >= 11 is 0. The van der Waals surface area contributed by atoms with Gasteiger partial charge in [-0.1, -0.05) is 37.3 Å². The Morgan fingerprint density at radius 3 is 2.64 bits per heavy atom. The highest BCUT2D eigenvalue weighted by atomic mass is 32.2. The molecule has 0 fully saturated rings. The van der Waals surface area contributed by atoms with Crippen LogP contribution in [0.4, 0.5) is 0 Å². The second-order valence-electron chi connectivity index (χ2n) is 9.11. The van der Waals surface area contributed by atoms with Gasteiger partial charge in [0.05, 0.1) is 13.0 Å². The van der Waals surface area contributed by atoms with E-state index in [0.29, 0.717) is 17.9 Å². The van der Waals surface area contributed by atoms with Crippen molar-refractivity contribution >= 4 is 16.0 Å². The molecule has 1 unspecified atom stereocenters. The first-order chi connectivity index (χ1) is 17.1. The van der Waals surface area contributed by atoms with Gasteiger partial charge in [0, 0.05) is 25.7 Å². The van der Waals surface area contributed by atoms with Gasteiger partial charge in [-0.25, -0.2) is 8.42 Å². The topological polar surface area (TPSA) is 113 Å². The zero-order valence-electron chi connectivity index (χ0n) is 20.5. The van der Waals surface area contributed by atoms with Crippen LogP contribution in [0.2, 0.25) is 0 Å². The van der Waals surface area contributed by atoms with Gasteiger partial charge in [0.15, 0.2) is 0 Å². The van der Waals surface area contributed by atoms with E-state index in [9.17, 15) is 23.6 Å². The maximum atomic E-state index is 13.6. The number of hydrogen-bond donors (Lipinski definition) is 1. The Morgan fingerprint density at radius 2 is 1.97 bits per heavy atom. The first-order valence-electron chi connectivity index (χ1n) is 11.8. The molecule has 0 bridgehead atoms. The SMILES string of the molecule is CC[C@@H]1CN(Cc2cc(C(CC(=O)O)c3cc(C#N)n(C)c3)ccc2C)S(=O)(=O)c2ccccc2O1. The summed E-state index contributed by atoms with van der Waals surface area (Å²) in [5.41, 5.74) is 3.61. The fraction of sp³-hybridized carbons (Fsp3) is 0.333. The van der Waals surface area contributed by atoms with Crippen LogP contribution < -0.4 is 4.74 Å². The number of aryl methyl sites for hydroxylation is 2. The van der Waals surface area contributed by atoms with Gasteiger partial charge in [-0.05, 0) is 53.8 Å². The summed E-state index contributed by atoms with van der Waals surface area (Å²) in [6, 6.07) is 16.1. The Bertz CT molecular complexity index is 1440. The molecule has 9 heteroatoms. The number of carboxylic acid groups (broad SMARTS) is 1. The number of sulfonamides is 1. The second kappa shape index (κ2) is 10.2. The van der Waals surface area contributed by atoms with E-state index >= 15 is 0 Å². The Labute approximate surface area is 211 Å². The smallest absolute Gasteiger partial charge is 0.304 e. The van der Waals surface area contributed by atoms with Crippen molar-refractivity contribution in [1.82, 2.24) is 8.87 Å². The van der Waals surface area contributed by atoms with E-state index in [1.54, 1.807) is 48.1 Å². The van der Waals surface area contributed by atoms with Gasteiger partial charge in [-0.2, -0.15) is 9.57 Å². The maximum absolute atomic E-state index is 13.6. The molecule has 188 valence electrons. The van der Waals surface area contributed by atoms with Gasteiger partial charge in [-0.3, -0.25) is 4.79 Å². The highest BCUT2D eigenvalue weighted by molar-refractivity contribution is 7.89. The maximum Gasteiger partial charge on any atom is 0.304 e. The highest BCUT2D eigenvalue weighted by Crippen LogP contribution is 2.34. The lowest BCUT2D eigenvalue weighted by molar-refractivity contribution is -0.137. The molecule has 2 heterocycles. The first kappa shape index (κ1) is 25.5. The number of carbonyl (C=O) groups is 1. The lowest BCUT2D eigenvalue weighted by Gasteiger charge is -2.24. The highest BCUT2D eigenvalue weighted by Gasteiger charge is 2.34. The van der Waals surface area contributed by atoms with Crippen molar-refractivity contribution < 1.29 is 23.1 Å². The van der Waals surface area contributed by atoms with Crippen molar-refractivity contribution in [2.45, 2.75) is 50.2 Å². The molecule has 4 rings (SSSR count). The van der Waals surface area contributed by atoms with Gasteiger partial charge in [-0.15, -0.1) is 0 Å². The quantitative estimate of drug-likeness (QED) is 0.514. The summed E-state index contributed by atoms with van der Waals surface area (Å²) in [5, 5.41) is 19.0. The molecule has 8 nitrogen and oxygen atoms in total. The van der Waals surface area contributed by atoms with Crippen LogP contribution in [-0.4, -0.2) is 41.0 Å². The number of nitrogens with zero attached hydrogens (tertiary/aromatic N) is 3. The van der Waals surface area contributed by atoms with Crippen LogP contribution >= 0.6 is 0 Å². The second-order valence-corrected chi connectivity index (χ2v) is 11.0. The number of ether oxygens (including phenoxy) is 1. The summed E-state index contributed by atoms with van der Waals surface area (Å²) in [7, 11) is -2.07. The predicted molar refractivity (Wildman–Crippen MR) is 134 cm³/mol. The largest absolute Gasteiger partial charge is 0.488 e. The Hall–Kier alpha value is -3.61. The number of para-hydroxylation sites is 1. The van der Waals surface area contributed by atoms with E-state index in [0.717, 1.165) is 22.3 Å². The predicted octanol–water partition coefficient (Wildman–Crippen LogP) is 4.17. The molecule has 1 aliphatic heterocycles. The first-order valence-corrected chi connectivity index (χ1v) is 13.2. The fourth-order valence-corrected chi connectivity index (χ4v) is 6.14. The third-order valence-corrected chi connectivity index (χ3v) is 8.52. The minimum atomic E-state index is -3.81. The van der Waals surface area contributed by atoms with E-state index in [-0.39, 0.29) is 30.5 Å². The molecule has 0 aliphatic carbocycles. The van der Waals surface area contributed by atoms with Crippen molar-refractivity contribution in [2.75, 3.05) is 6.54 Å². The number of hydrogen-bond acceptors (Lipinski definition) is 5. The molecule has 1 aromatic heterocycles. The molecule has 1 N–H and O–H groups in total. The Morgan fingerprint density at radius 1 is 1.22 bits per heavy atom. The summed E-state index contributed by atoms with van der Waals surface area (Å²) in [6.45, 7) is 4.21. The van der Waals surface area contributed by atoms with Gasteiger partial charge in [0.1, 0.15) is 28.5 Å². The van der Waals surface area contributed by atoms with Crippen LogP contribution in [0.15, 0.2) is 59.6 Å². The van der Waals surface area contributed by atoms with Crippen molar-refractivity contribution in [3.63, 3.8) is 0 Å². The van der Waals surface area contributed by atoms with Crippen molar-refractivity contribution in [3.8, 4) is 11.8 Å². The van der Waals surface area contributed by atoms with Gasteiger partial charge < -0.3 is 14.4 Å². The van der Waals surface area contributed by atoms with Crippen LogP contribution in [0, 0.1) is 18.3 Å². The number of carboxylic acids is 1. The number of nitriles is 1. The molecule has 3 aromatic rings. The molecular formula is C27H29N3O5S. The zero-order chi connectivity index (χ0) is 26.0. The van der Waals surface area contributed by atoms with Crippen molar-refractivity contribution in [1.29, 1.82) is 5.26 Å². The molecule has 36 heavy (non-hydrogen) atoms. The van der Waals surface area contributed by atoms with E-state index in [1.807, 2.05) is 32.0 Å². The summed E-state index contributed by atoms with van der Waals surface area (Å²) in [5.74, 6) is -1.08. The third kappa shape index (κ3) is 5.01. The molecule has 1 aliphatic rings. The Kier molecular flexibility index (Phi) is 7.20. The van der Waals surface area contributed by atoms with Gasteiger partial charge in [0.25, 0.3) is 0 Å². The van der Waals surface area contributed by atoms with Gasteiger partial charge >= 0.3 is 5.97 Å². The third-order valence-electron chi connectivity index (χ3n) is 6.67. The molecule has 0 saturated heterocycles. The molecule has 2 aromatic carbocycles. The van der Waals surface area contributed by atoms with Crippen molar-refractivity contribution in [2.24, 2.45) is 7.05 Å². The lowest BCUT2D eigenvalue weighted by Crippen LogP contribution is -2.36. The molecule has 0 saturated carbocycles. The summed E-state index contributed by atoms with van der Waals surface area (Å²) in [4.78, 5) is 11.9. The van der Waals surface area contributed by atoms with Gasteiger partial charge in [0.2, 0.25) is 10.0 Å². The Balaban J connectivity index is 1.74. The van der Waals surface area contributed by atoms with E-state index in [4.69, 9.17) is 4.74 Å². The standard InChI is InChI=1S/C27H29N3O5S/c1-4-23-17-30(36(33,34)26-8-6-5-7-25(26)35-23)16-20-11-19(10-9-18(20)2)24(13-27(31)32)21-12-22(14-28)29(3)15-21/h5-12,15,23-24H,4,13,16-17H2,1-3H3,(H,31,32)/t23-,24?/m1/s1. The average molecular weight is 508 g/mol. The monoisotopic (exact) mass is 507 g/mol. The number of benzene rings is 2. The van der Waals surface area contributed by atoms with Crippen LogP contribution in [0.3, 0.4) is 0 Å². The van der Waals surface area contributed by atoms with Crippen LogP contribution in [0.1, 0.15) is 53.6 Å². The summed E-state index contributed by atoms with van der Waals surface area (Å²) in [6.07, 6.45) is 1.97. The van der Waals surface area contributed by atoms with E-state index < -0.39 is 21.9 Å². The molecule has 0 amide bonds. The van der Waals surface area contributed by atoms with E-state index in [1.165, 1.54) is 4.31 Å². The molecule has 0 spiro atoms. The molecule has 0 radical (unpaired) electrons. The normalized spacial score (nSPS) is 17.9. The fourth-order valence-electron chi connectivity index (χ4n) is 4.57. The minimum Gasteiger partial charge on any atom is -0.488 e. The molecular weight excluding hydrogens is 478 g/mol. The number of fused-ring (bicyclic) bond motifs is 1. The van der Waals surface area contributed by atoms with Crippen LogP contribution in [0.5, 0.6) is 5.75 Å². The number of rotatable bonds is 7.